The van der Waals surface area contributed by atoms with Crippen LogP contribution in [0.4, 0.5) is 0 Å². The first-order chi connectivity index (χ1) is 11.7. The Kier molecular flexibility index (Phi) is 6.94. The average Bonchev–Trinajstić information content (AvgIpc) is 2.63. The fourth-order valence-corrected chi connectivity index (χ4v) is 5.60. The molecule has 24 heavy (non-hydrogen) atoms. The van der Waals surface area contributed by atoms with Gasteiger partial charge in [0, 0.05) is 17.1 Å². The normalized spacial score (nSPS) is 40.2. The van der Waals surface area contributed by atoms with Gasteiger partial charge in [0.2, 0.25) is 0 Å². The lowest BCUT2D eigenvalue weighted by molar-refractivity contribution is 0.119. The van der Waals surface area contributed by atoms with Gasteiger partial charge in [-0.3, -0.25) is 0 Å². The molecule has 0 saturated heterocycles. The first kappa shape index (κ1) is 18.2. The zero-order valence-corrected chi connectivity index (χ0v) is 15.6. The molecule has 3 rings (SSSR count). The number of nitrogens with zero attached hydrogens (tertiary/aromatic N) is 1. The zero-order chi connectivity index (χ0) is 16.8. The second-order valence-corrected chi connectivity index (χ2v) is 9.24. The summed E-state index contributed by atoms with van der Waals surface area (Å²) in [4.78, 5) is 0. The van der Waals surface area contributed by atoms with Crippen molar-refractivity contribution in [3.63, 3.8) is 0 Å². The number of hydrogen-bond donors (Lipinski definition) is 1. The molecule has 0 aromatic carbocycles. The molecule has 1 N–H and O–H groups in total. The van der Waals surface area contributed by atoms with Crippen LogP contribution in [0.3, 0.4) is 0 Å². The van der Waals surface area contributed by atoms with E-state index in [-0.39, 0.29) is 6.10 Å². The largest absolute Gasteiger partial charge is 0.393 e. The van der Waals surface area contributed by atoms with Gasteiger partial charge in [-0.05, 0) is 101 Å². The van der Waals surface area contributed by atoms with Crippen molar-refractivity contribution in [3.05, 3.63) is 0 Å². The third kappa shape index (κ3) is 5.18. The lowest BCUT2D eigenvalue weighted by Crippen LogP contribution is -2.26. The molecule has 3 aliphatic carbocycles. The van der Waals surface area contributed by atoms with Crippen LogP contribution < -0.4 is 0 Å². The minimum atomic E-state index is -0.0693. The van der Waals surface area contributed by atoms with Crippen molar-refractivity contribution < 1.29 is 5.11 Å². The summed E-state index contributed by atoms with van der Waals surface area (Å²) in [5.41, 5.74) is 0. The molecule has 0 bridgehead atoms. The van der Waals surface area contributed by atoms with Crippen molar-refractivity contribution in [1.29, 1.82) is 5.26 Å². The molecule has 3 heteroatoms. The van der Waals surface area contributed by atoms with Crippen molar-refractivity contribution >= 4 is 11.8 Å². The van der Waals surface area contributed by atoms with Gasteiger partial charge in [-0.1, -0.05) is 11.8 Å². The van der Waals surface area contributed by atoms with E-state index in [4.69, 9.17) is 5.26 Å². The van der Waals surface area contributed by atoms with Crippen LogP contribution in [0, 0.1) is 46.2 Å². The minimum absolute atomic E-state index is 0.0693. The van der Waals surface area contributed by atoms with Crippen LogP contribution in [0.1, 0.15) is 77.0 Å². The Morgan fingerprint density at radius 3 is 1.62 bits per heavy atom. The van der Waals surface area contributed by atoms with Gasteiger partial charge in [0.25, 0.3) is 0 Å². The van der Waals surface area contributed by atoms with Gasteiger partial charge in [0.05, 0.1) is 6.10 Å². The van der Waals surface area contributed by atoms with E-state index in [2.05, 4.69) is 17.2 Å². The standard InChI is InChI=1S/C21H31NOS/c22-15-24-21-13-9-19(10-14-21)18-7-3-16(4-8-18)1-2-17-5-11-20(23)12-6-17/h16-21,23H,3-14H2. The van der Waals surface area contributed by atoms with E-state index in [1.165, 1.54) is 63.1 Å². The van der Waals surface area contributed by atoms with E-state index >= 15 is 0 Å². The van der Waals surface area contributed by atoms with Crippen molar-refractivity contribution in [3.8, 4) is 17.2 Å². The van der Waals surface area contributed by atoms with Gasteiger partial charge in [0.15, 0.2) is 0 Å². The maximum Gasteiger partial charge on any atom is 0.133 e. The lowest BCUT2D eigenvalue weighted by Gasteiger charge is -2.36. The molecule has 132 valence electrons. The Morgan fingerprint density at radius 2 is 1.12 bits per heavy atom. The summed E-state index contributed by atoms with van der Waals surface area (Å²) < 4.78 is 0. The molecule has 0 atom stereocenters. The number of hydrogen-bond acceptors (Lipinski definition) is 3. The molecule has 3 saturated carbocycles. The second kappa shape index (κ2) is 9.17. The zero-order valence-electron chi connectivity index (χ0n) is 14.8. The van der Waals surface area contributed by atoms with Crippen LogP contribution in [0.15, 0.2) is 0 Å². The molecule has 0 spiro atoms. The molecule has 3 fully saturated rings. The molecule has 0 aliphatic heterocycles. The van der Waals surface area contributed by atoms with Crippen LogP contribution in [0.5, 0.6) is 0 Å². The number of aliphatic hydroxyl groups excluding tert-OH is 1. The van der Waals surface area contributed by atoms with E-state index in [1.54, 1.807) is 0 Å². The van der Waals surface area contributed by atoms with Crippen molar-refractivity contribution in [1.82, 2.24) is 0 Å². The summed E-state index contributed by atoms with van der Waals surface area (Å²) in [7, 11) is 0. The fourth-order valence-electron chi connectivity index (χ4n) is 4.94. The van der Waals surface area contributed by atoms with Crippen LogP contribution in [-0.4, -0.2) is 16.5 Å². The van der Waals surface area contributed by atoms with Crippen molar-refractivity contribution in [2.75, 3.05) is 0 Å². The number of aliphatic hydroxyl groups is 1. The molecule has 3 aliphatic rings. The van der Waals surface area contributed by atoms with E-state index in [0.717, 1.165) is 37.5 Å². The van der Waals surface area contributed by atoms with E-state index in [1.807, 2.05) is 0 Å². The van der Waals surface area contributed by atoms with Gasteiger partial charge >= 0.3 is 0 Å². The van der Waals surface area contributed by atoms with Crippen LogP contribution in [0.25, 0.3) is 0 Å². The Bertz CT molecular complexity index is 478. The summed E-state index contributed by atoms with van der Waals surface area (Å²) in [5.74, 6) is 10.1. The molecule has 2 nitrogen and oxygen atoms in total. The SMILES string of the molecule is N#CSC1CCC(C2CCC(C#CC3CCC(O)CC3)CC2)CC1. The maximum atomic E-state index is 9.58. The minimum Gasteiger partial charge on any atom is -0.393 e. The number of nitriles is 1. The molecular formula is C21H31NOS. The fraction of sp³-hybridized carbons (Fsp3) is 0.857. The van der Waals surface area contributed by atoms with E-state index < -0.39 is 0 Å². The van der Waals surface area contributed by atoms with Crippen LogP contribution in [0.2, 0.25) is 0 Å². The monoisotopic (exact) mass is 345 g/mol. The number of thiocyanates is 1. The quantitative estimate of drug-likeness (QED) is 0.558. The molecule has 0 radical (unpaired) electrons. The Hall–Kier alpha value is -0.640. The summed E-state index contributed by atoms with van der Waals surface area (Å²) in [6.45, 7) is 0. The lowest BCUT2D eigenvalue weighted by atomic mass is 9.71. The van der Waals surface area contributed by atoms with Gasteiger partial charge in [0.1, 0.15) is 5.40 Å². The summed E-state index contributed by atoms with van der Waals surface area (Å²) in [6.07, 6.45) is 14.5. The Labute approximate surface area is 151 Å². The topological polar surface area (TPSA) is 44.0 Å². The van der Waals surface area contributed by atoms with Gasteiger partial charge < -0.3 is 5.11 Å². The predicted octanol–water partition coefficient (Wildman–Crippen LogP) is 5.12. The molecule has 0 heterocycles. The third-order valence-corrected chi connectivity index (χ3v) is 7.48. The van der Waals surface area contributed by atoms with Gasteiger partial charge in [-0.15, -0.1) is 0 Å². The highest BCUT2D eigenvalue weighted by molar-refractivity contribution is 8.04. The highest BCUT2D eigenvalue weighted by Gasteiger charge is 2.30. The number of rotatable bonds is 2. The first-order valence-electron chi connectivity index (χ1n) is 9.98. The molecule has 0 unspecified atom stereocenters. The number of thioether (sulfide) groups is 1. The van der Waals surface area contributed by atoms with Gasteiger partial charge in [-0.25, -0.2) is 0 Å². The smallest absolute Gasteiger partial charge is 0.133 e. The van der Waals surface area contributed by atoms with Crippen molar-refractivity contribution in [2.45, 2.75) is 88.4 Å². The van der Waals surface area contributed by atoms with Crippen molar-refractivity contribution in [2.24, 2.45) is 23.7 Å². The average molecular weight is 346 g/mol. The molecule has 0 aromatic heterocycles. The summed E-state index contributed by atoms with van der Waals surface area (Å²) >= 11 is 1.49. The predicted molar refractivity (Wildman–Crippen MR) is 100 cm³/mol. The van der Waals surface area contributed by atoms with E-state index in [9.17, 15) is 5.11 Å². The molecule has 0 amide bonds. The first-order valence-corrected chi connectivity index (χ1v) is 10.9. The van der Waals surface area contributed by atoms with E-state index in [0.29, 0.717) is 17.1 Å². The van der Waals surface area contributed by atoms with Crippen LogP contribution >= 0.6 is 11.8 Å². The Morgan fingerprint density at radius 1 is 0.667 bits per heavy atom. The van der Waals surface area contributed by atoms with Gasteiger partial charge in [-0.2, -0.15) is 5.26 Å². The summed E-state index contributed by atoms with van der Waals surface area (Å²) in [5, 5.41) is 21.3. The second-order valence-electron chi connectivity index (χ2n) is 8.15. The third-order valence-electron chi connectivity index (χ3n) is 6.57. The highest BCUT2D eigenvalue weighted by atomic mass is 32.2. The Balaban J connectivity index is 1.38. The van der Waals surface area contributed by atoms with Crippen LogP contribution in [-0.2, 0) is 0 Å². The molecular weight excluding hydrogens is 314 g/mol. The maximum absolute atomic E-state index is 9.58. The highest BCUT2D eigenvalue weighted by Crippen LogP contribution is 2.41. The molecule has 0 aromatic rings. The summed E-state index contributed by atoms with van der Waals surface area (Å²) in [6, 6.07) is 0.